The normalized spacial score (nSPS) is 17.9. The molecule has 0 aliphatic carbocycles. The van der Waals surface area contributed by atoms with Gasteiger partial charge in [-0.05, 0) is 29.8 Å². The van der Waals surface area contributed by atoms with Crippen LogP contribution in [0.1, 0.15) is 43.7 Å². The summed E-state index contributed by atoms with van der Waals surface area (Å²) in [5, 5.41) is 26.9. The standard InChI is InChI=1S/C24H20ClN3O6/c1-24(2,3)17-12-18(26-34-17)27-20(14-5-4-6-16(11-14)28(32)33)19(22(30)23(27)31)21(29)13-7-9-15(25)10-8-13/h4-12,20,29H,1-3H3/t20-/m1/s1. The second-order valence-electron chi connectivity index (χ2n) is 8.83. The van der Waals surface area contributed by atoms with Gasteiger partial charge in [-0.1, -0.05) is 49.7 Å². The number of rotatable bonds is 4. The fourth-order valence-corrected chi connectivity index (χ4v) is 3.81. The second-order valence-corrected chi connectivity index (χ2v) is 9.26. The quantitative estimate of drug-likeness (QED) is 0.179. The van der Waals surface area contributed by atoms with E-state index in [2.05, 4.69) is 5.16 Å². The molecular formula is C24H20ClN3O6. The predicted octanol–water partition coefficient (Wildman–Crippen LogP) is 5.16. The van der Waals surface area contributed by atoms with Crippen LogP contribution in [0.15, 0.2) is 64.7 Å². The molecule has 1 fully saturated rings. The number of ketones is 1. The van der Waals surface area contributed by atoms with Crippen LogP contribution in [-0.4, -0.2) is 26.9 Å². The van der Waals surface area contributed by atoms with Crippen molar-refractivity contribution in [3.05, 3.63) is 92.2 Å². The van der Waals surface area contributed by atoms with Crippen LogP contribution in [0.2, 0.25) is 5.02 Å². The maximum atomic E-state index is 13.2. The largest absolute Gasteiger partial charge is 0.507 e. The van der Waals surface area contributed by atoms with E-state index in [-0.39, 0.29) is 28.2 Å². The molecule has 9 nitrogen and oxygen atoms in total. The number of carbonyl (C=O) groups excluding carboxylic acids is 2. The van der Waals surface area contributed by atoms with E-state index in [1.165, 1.54) is 54.6 Å². The molecule has 1 aromatic heterocycles. The number of aliphatic hydroxyl groups excluding tert-OH is 1. The lowest BCUT2D eigenvalue weighted by Crippen LogP contribution is -2.29. The predicted molar refractivity (Wildman–Crippen MR) is 125 cm³/mol. The Morgan fingerprint density at radius 1 is 1.15 bits per heavy atom. The Morgan fingerprint density at radius 3 is 2.41 bits per heavy atom. The summed E-state index contributed by atoms with van der Waals surface area (Å²) < 4.78 is 5.41. The van der Waals surface area contributed by atoms with Gasteiger partial charge in [0, 0.05) is 34.2 Å². The van der Waals surface area contributed by atoms with Crippen LogP contribution in [0.4, 0.5) is 11.5 Å². The number of nitro groups is 1. The minimum atomic E-state index is -1.17. The van der Waals surface area contributed by atoms with Crippen molar-refractivity contribution in [1.29, 1.82) is 0 Å². The maximum Gasteiger partial charge on any atom is 0.301 e. The number of Topliss-reactive ketones (excluding diaryl/α,β-unsaturated/α-hetero) is 1. The van der Waals surface area contributed by atoms with Crippen LogP contribution in [0.25, 0.3) is 5.76 Å². The molecule has 0 bridgehead atoms. The Morgan fingerprint density at radius 2 is 1.82 bits per heavy atom. The Bertz CT molecular complexity index is 1340. The van der Waals surface area contributed by atoms with Gasteiger partial charge in [0.2, 0.25) is 0 Å². The highest BCUT2D eigenvalue weighted by molar-refractivity contribution is 6.51. The molecule has 0 unspecified atom stereocenters. The van der Waals surface area contributed by atoms with Gasteiger partial charge in [-0.2, -0.15) is 0 Å². The summed E-state index contributed by atoms with van der Waals surface area (Å²) in [4.78, 5) is 38.2. The third-order valence-corrected chi connectivity index (χ3v) is 5.69. The fraction of sp³-hybridized carbons (Fsp3) is 0.208. The van der Waals surface area contributed by atoms with E-state index in [0.717, 1.165) is 4.90 Å². The Hall–Kier alpha value is -3.98. The molecule has 1 aliphatic heterocycles. The summed E-state index contributed by atoms with van der Waals surface area (Å²) in [6, 6.07) is 12.0. The molecule has 2 heterocycles. The van der Waals surface area contributed by atoms with Gasteiger partial charge < -0.3 is 9.63 Å². The van der Waals surface area contributed by atoms with Crippen LogP contribution in [0.5, 0.6) is 0 Å². The van der Waals surface area contributed by atoms with Gasteiger partial charge in [-0.25, -0.2) is 0 Å². The van der Waals surface area contributed by atoms with Crippen molar-refractivity contribution >= 4 is 40.6 Å². The number of non-ortho nitro benzene ring substituents is 1. The van der Waals surface area contributed by atoms with E-state index in [0.29, 0.717) is 10.8 Å². The zero-order valence-electron chi connectivity index (χ0n) is 18.5. The first kappa shape index (κ1) is 23.2. The third-order valence-electron chi connectivity index (χ3n) is 5.44. The summed E-state index contributed by atoms with van der Waals surface area (Å²) in [7, 11) is 0. The number of carbonyl (C=O) groups is 2. The van der Waals surface area contributed by atoms with Gasteiger partial charge in [0.15, 0.2) is 5.82 Å². The average molecular weight is 482 g/mol. The van der Waals surface area contributed by atoms with E-state index >= 15 is 0 Å². The summed E-state index contributed by atoms with van der Waals surface area (Å²) in [6.07, 6.45) is 0. The van der Waals surface area contributed by atoms with E-state index < -0.39 is 33.8 Å². The highest BCUT2D eigenvalue weighted by Gasteiger charge is 2.48. The molecule has 2 aromatic carbocycles. The summed E-state index contributed by atoms with van der Waals surface area (Å²) in [5.41, 5.74) is -0.376. The van der Waals surface area contributed by atoms with Crippen LogP contribution in [0, 0.1) is 10.1 Å². The molecule has 0 saturated carbocycles. The molecule has 1 amide bonds. The van der Waals surface area contributed by atoms with Crippen molar-refractivity contribution in [2.75, 3.05) is 4.90 Å². The number of halogens is 1. The molecule has 1 atom stereocenters. The molecule has 34 heavy (non-hydrogen) atoms. The zero-order chi connectivity index (χ0) is 24.8. The molecule has 1 aliphatic rings. The lowest BCUT2D eigenvalue weighted by Gasteiger charge is -2.22. The van der Waals surface area contributed by atoms with Crippen LogP contribution in [0.3, 0.4) is 0 Å². The van der Waals surface area contributed by atoms with Crippen molar-refractivity contribution in [2.24, 2.45) is 0 Å². The van der Waals surface area contributed by atoms with Gasteiger partial charge >= 0.3 is 5.91 Å². The van der Waals surface area contributed by atoms with Gasteiger partial charge in [0.1, 0.15) is 11.5 Å². The van der Waals surface area contributed by atoms with Crippen LogP contribution >= 0.6 is 11.6 Å². The zero-order valence-corrected chi connectivity index (χ0v) is 19.2. The molecule has 1 N–H and O–H groups in total. The number of nitro benzene ring substituents is 1. The van der Waals surface area contributed by atoms with E-state index in [4.69, 9.17) is 16.1 Å². The minimum absolute atomic E-state index is 0.0543. The second kappa shape index (κ2) is 8.42. The number of aromatic nitrogens is 1. The van der Waals surface area contributed by atoms with E-state index in [1.807, 2.05) is 20.8 Å². The Kier molecular flexibility index (Phi) is 5.74. The van der Waals surface area contributed by atoms with E-state index in [9.17, 15) is 24.8 Å². The highest BCUT2D eigenvalue weighted by Crippen LogP contribution is 2.43. The molecule has 174 valence electrons. The fourth-order valence-electron chi connectivity index (χ4n) is 3.69. The molecule has 0 radical (unpaired) electrons. The number of hydrogen-bond donors (Lipinski definition) is 1. The average Bonchev–Trinajstić information content (AvgIpc) is 3.37. The van der Waals surface area contributed by atoms with E-state index in [1.54, 1.807) is 0 Å². The molecule has 10 heteroatoms. The first-order valence-electron chi connectivity index (χ1n) is 10.3. The number of benzene rings is 2. The number of amides is 1. The first-order valence-corrected chi connectivity index (χ1v) is 10.7. The van der Waals surface area contributed by atoms with Crippen molar-refractivity contribution < 1.29 is 24.1 Å². The number of nitrogens with zero attached hydrogens (tertiary/aromatic N) is 3. The molecular weight excluding hydrogens is 462 g/mol. The monoisotopic (exact) mass is 481 g/mol. The number of hydrogen-bond acceptors (Lipinski definition) is 7. The van der Waals surface area contributed by atoms with Crippen LogP contribution in [-0.2, 0) is 15.0 Å². The molecule has 4 rings (SSSR count). The van der Waals surface area contributed by atoms with Crippen molar-refractivity contribution in [2.45, 2.75) is 32.2 Å². The lowest BCUT2D eigenvalue weighted by molar-refractivity contribution is -0.384. The molecule has 0 spiro atoms. The first-order chi connectivity index (χ1) is 16.0. The maximum absolute atomic E-state index is 13.2. The molecule has 3 aromatic rings. The van der Waals surface area contributed by atoms with Gasteiger partial charge in [0.25, 0.3) is 11.5 Å². The number of anilines is 1. The van der Waals surface area contributed by atoms with Gasteiger partial charge in [-0.15, -0.1) is 0 Å². The van der Waals surface area contributed by atoms with Gasteiger partial charge in [-0.3, -0.25) is 24.6 Å². The molecule has 1 saturated heterocycles. The van der Waals surface area contributed by atoms with Crippen molar-refractivity contribution in [3.8, 4) is 0 Å². The Labute approximate surface area is 199 Å². The minimum Gasteiger partial charge on any atom is -0.507 e. The number of aliphatic hydroxyl groups is 1. The SMILES string of the molecule is CC(C)(C)c1cc(N2C(=O)C(=O)C(=C(O)c3ccc(Cl)cc3)[C@H]2c2cccc([N+](=O)[O-])c2)no1. The smallest absolute Gasteiger partial charge is 0.301 e. The third kappa shape index (κ3) is 4.06. The topological polar surface area (TPSA) is 127 Å². The summed E-state index contributed by atoms with van der Waals surface area (Å²) >= 11 is 5.93. The van der Waals surface area contributed by atoms with Crippen molar-refractivity contribution in [1.82, 2.24) is 5.16 Å². The summed E-state index contributed by atoms with van der Waals surface area (Å²) in [6.45, 7) is 5.68. The van der Waals surface area contributed by atoms with Gasteiger partial charge in [0.05, 0.1) is 16.5 Å². The van der Waals surface area contributed by atoms with Crippen molar-refractivity contribution in [3.63, 3.8) is 0 Å². The van der Waals surface area contributed by atoms with Crippen LogP contribution < -0.4 is 4.90 Å². The highest BCUT2D eigenvalue weighted by atomic mass is 35.5. The summed E-state index contributed by atoms with van der Waals surface area (Å²) in [5.74, 6) is -1.81. The Balaban J connectivity index is 1.95. The lowest BCUT2D eigenvalue weighted by atomic mass is 9.93.